The van der Waals surface area contributed by atoms with Gasteiger partial charge in [0, 0.05) is 17.6 Å². The Hall–Kier alpha value is -2.66. The second kappa shape index (κ2) is 9.15. The van der Waals surface area contributed by atoms with Crippen molar-refractivity contribution in [1.82, 2.24) is 10.3 Å². The van der Waals surface area contributed by atoms with Crippen molar-refractivity contribution in [2.45, 2.75) is 26.2 Å². The van der Waals surface area contributed by atoms with Gasteiger partial charge in [0.1, 0.15) is 11.5 Å². The van der Waals surface area contributed by atoms with Crippen LogP contribution in [0, 0.1) is 6.92 Å². The van der Waals surface area contributed by atoms with Crippen molar-refractivity contribution in [2.75, 3.05) is 6.54 Å². The van der Waals surface area contributed by atoms with E-state index in [1.807, 2.05) is 55.5 Å². The quantitative estimate of drug-likeness (QED) is 0.571. The molecule has 4 nitrogen and oxygen atoms in total. The first-order valence-corrected chi connectivity index (χ1v) is 9.61. The van der Waals surface area contributed by atoms with Gasteiger partial charge in [0.15, 0.2) is 0 Å². The molecule has 134 valence electrons. The van der Waals surface area contributed by atoms with Gasteiger partial charge in [0.25, 0.3) is 5.91 Å². The van der Waals surface area contributed by atoms with Gasteiger partial charge in [-0.05, 0) is 50.5 Å². The molecule has 5 heteroatoms. The summed E-state index contributed by atoms with van der Waals surface area (Å²) in [5, 5.41) is 6.21. The Balaban J connectivity index is 1.50. The van der Waals surface area contributed by atoms with E-state index >= 15 is 0 Å². The van der Waals surface area contributed by atoms with E-state index in [2.05, 4.69) is 15.7 Å². The molecule has 0 spiro atoms. The molecule has 1 heterocycles. The molecule has 3 aromatic rings. The van der Waals surface area contributed by atoms with Crippen LogP contribution in [0.5, 0.6) is 11.5 Å². The maximum absolute atomic E-state index is 12.5. The number of thiazole rings is 1. The van der Waals surface area contributed by atoms with Crippen LogP contribution in [0.3, 0.4) is 0 Å². The van der Waals surface area contributed by atoms with Crippen LogP contribution in [-0.4, -0.2) is 17.4 Å². The van der Waals surface area contributed by atoms with Crippen LogP contribution in [-0.2, 0) is 6.42 Å². The van der Waals surface area contributed by atoms with Gasteiger partial charge in [-0.2, -0.15) is 0 Å². The van der Waals surface area contributed by atoms with Crippen molar-refractivity contribution < 1.29 is 9.53 Å². The number of aromatic nitrogens is 1. The van der Waals surface area contributed by atoms with Crippen molar-refractivity contribution in [1.29, 1.82) is 0 Å². The predicted molar refractivity (Wildman–Crippen MR) is 105 cm³/mol. The zero-order chi connectivity index (χ0) is 18.2. The lowest BCUT2D eigenvalue weighted by Crippen LogP contribution is -2.24. The summed E-state index contributed by atoms with van der Waals surface area (Å²) in [6.07, 6.45) is 2.89. The highest BCUT2D eigenvalue weighted by atomic mass is 32.1. The van der Waals surface area contributed by atoms with E-state index in [0.717, 1.165) is 30.0 Å². The fourth-order valence-electron chi connectivity index (χ4n) is 2.57. The van der Waals surface area contributed by atoms with E-state index in [1.54, 1.807) is 17.4 Å². The molecule has 3 rings (SSSR count). The summed E-state index contributed by atoms with van der Waals surface area (Å²) in [5.41, 5.74) is 1.63. The molecule has 0 atom stereocenters. The van der Waals surface area contributed by atoms with Crippen LogP contribution in [0.2, 0.25) is 0 Å². The molecule has 0 unspecified atom stereocenters. The Labute approximate surface area is 157 Å². The smallest absolute Gasteiger partial charge is 0.255 e. The molecule has 0 bridgehead atoms. The third-order valence-electron chi connectivity index (χ3n) is 3.87. The standard InChI is InChI=1S/C21H22N2O2S/c1-16-15-26-20(23-16)13-7-8-14-22-21(24)18-11-5-6-12-19(18)25-17-9-3-2-4-10-17/h2-6,9-12,15H,7-8,13-14H2,1H3,(H,22,24). The second-order valence-corrected chi connectivity index (χ2v) is 6.95. The molecule has 0 fully saturated rings. The van der Waals surface area contributed by atoms with Crippen molar-refractivity contribution >= 4 is 17.2 Å². The van der Waals surface area contributed by atoms with E-state index in [9.17, 15) is 4.79 Å². The first-order chi connectivity index (χ1) is 12.7. The number of nitrogens with one attached hydrogen (secondary N) is 1. The molecule has 1 N–H and O–H groups in total. The number of ether oxygens (including phenoxy) is 1. The highest BCUT2D eigenvalue weighted by Crippen LogP contribution is 2.24. The van der Waals surface area contributed by atoms with E-state index in [4.69, 9.17) is 4.74 Å². The van der Waals surface area contributed by atoms with Gasteiger partial charge in [0.2, 0.25) is 0 Å². The Morgan fingerprint density at radius 2 is 1.85 bits per heavy atom. The highest BCUT2D eigenvalue weighted by Gasteiger charge is 2.12. The molecule has 2 aromatic carbocycles. The number of aryl methyl sites for hydroxylation is 2. The number of unbranched alkanes of at least 4 members (excludes halogenated alkanes) is 1. The van der Waals surface area contributed by atoms with Gasteiger partial charge in [0.05, 0.1) is 10.6 Å². The molecule has 1 aromatic heterocycles. The molecular weight excluding hydrogens is 344 g/mol. The molecule has 0 aliphatic heterocycles. The van der Waals surface area contributed by atoms with Gasteiger partial charge in [-0.3, -0.25) is 4.79 Å². The molecule has 0 saturated heterocycles. The maximum Gasteiger partial charge on any atom is 0.255 e. The van der Waals surface area contributed by atoms with Gasteiger partial charge in [-0.1, -0.05) is 30.3 Å². The minimum atomic E-state index is -0.110. The number of hydrogen-bond donors (Lipinski definition) is 1. The summed E-state index contributed by atoms with van der Waals surface area (Å²) < 4.78 is 5.85. The molecule has 0 aliphatic rings. The zero-order valence-electron chi connectivity index (χ0n) is 14.8. The number of benzene rings is 2. The highest BCUT2D eigenvalue weighted by molar-refractivity contribution is 7.09. The Kier molecular flexibility index (Phi) is 6.39. The van der Waals surface area contributed by atoms with Crippen LogP contribution >= 0.6 is 11.3 Å². The fourth-order valence-corrected chi connectivity index (χ4v) is 3.39. The summed E-state index contributed by atoms with van der Waals surface area (Å²) in [4.78, 5) is 16.9. The van der Waals surface area contributed by atoms with Gasteiger partial charge < -0.3 is 10.1 Å². The first-order valence-electron chi connectivity index (χ1n) is 8.73. The summed E-state index contributed by atoms with van der Waals surface area (Å²) in [6.45, 7) is 2.65. The summed E-state index contributed by atoms with van der Waals surface area (Å²) >= 11 is 1.70. The Morgan fingerprint density at radius 1 is 1.08 bits per heavy atom. The van der Waals surface area contributed by atoms with Crippen molar-refractivity contribution in [3.8, 4) is 11.5 Å². The van der Waals surface area contributed by atoms with E-state index in [-0.39, 0.29) is 5.91 Å². The minimum absolute atomic E-state index is 0.110. The predicted octanol–water partition coefficient (Wildman–Crippen LogP) is 5.00. The molecule has 0 radical (unpaired) electrons. The van der Waals surface area contributed by atoms with E-state index in [0.29, 0.717) is 23.6 Å². The van der Waals surface area contributed by atoms with Gasteiger partial charge in [-0.15, -0.1) is 11.3 Å². The fraction of sp³-hybridized carbons (Fsp3) is 0.238. The van der Waals surface area contributed by atoms with Crippen LogP contribution in [0.1, 0.15) is 33.9 Å². The summed E-state index contributed by atoms with van der Waals surface area (Å²) in [5.74, 6) is 1.17. The van der Waals surface area contributed by atoms with Crippen LogP contribution in [0.15, 0.2) is 60.0 Å². The van der Waals surface area contributed by atoms with Crippen LogP contribution in [0.25, 0.3) is 0 Å². The Morgan fingerprint density at radius 3 is 2.62 bits per heavy atom. The largest absolute Gasteiger partial charge is 0.457 e. The molecule has 1 amide bonds. The van der Waals surface area contributed by atoms with E-state index in [1.165, 1.54) is 0 Å². The monoisotopic (exact) mass is 366 g/mol. The van der Waals surface area contributed by atoms with Crippen molar-refractivity contribution in [3.63, 3.8) is 0 Å². The lowest BCUT2D eigenvalue weighted by molar-refractivity contribution is 0.0950. The minimum Gasteiger partial charge on any atom is -0.457 e. The number of nitrogens with zero attached hydrogens (tertiary/aromatic N) is 1. The normalized spacial score (nSPS) is 10.5. The maximum atomic E-state index is 12.5. The lowest BCUT2D eigenvalue weighted by atomic mass is 10.1. The number of amides is 1. The average molecular weight is 366 g/mol. The second-order valence-electron chi connectivity index (χ2n) is 6.01. The number of rotatable bonds is 8. The molecule has 26 heavy (non-hydrogen) atoms. The summed E-state index contributed by atoms with van der Waals surface area (Å²) in [6, 6.07) is 16.8. The third-order valence-corrected chi connectivity index (χ3v) is 4.90. The van der Waals surface area contributed by atoms with Crippen LogP contribution in [0.4, 0.5) is 0 Å². The topological polar surface area (TPSA) is 51.2 Å². The first kappa shape index (κ1) is 18.1. The molecule has 0 aliphatic carbocycles. The van der Waals surface area contributed by atoms with E-state index < -0.39 is 0 Å². The Bertz CT molecular complexity index is 846. The zero-order valence-corrected chi connectivity index (χ0v) is 15.6. The van der Waals surface area contributed by atoms with Crippen molar-refractivity contribution in [3.05, 3.63) is 76.2 Å². The van der Waals surface area contributed by atoms with Crippen LogP contribution < -0.4 is 10.1 Å². The van der Waals surface area contributed by atoms with Gasteiger partial charge >= 0.3 is 0 Å². The number of carbonyl (C=O) groups excluding carboxylic acids is 1. The summed E-state index contributed by atoms with van der Waals surface area (Å²) in [7, 11) is 0. The SMILES string of the molecule is Cc1csc(CCCCNC(=O)c2ccccc2Oc2ccccc2)n1. The molecule has 0 saturated carbocycles. The third kappa shape index (κ3) is 5.17. The van der Waals surface area contributed by atoms with Gasteiger partial charge in [-0.25, -0.2) is 4.98 Å². The van der Waals surface area contributed by atoms with Crippen molar-refractivity contribution in [2.24, 2.45) is 0 Å². The average Bonchev–Trinajstić information content (AvgIpc) is 3.08. The number of hydrogen-bond acceptors (Lipinski definition) is 4. The molecular formula is C21H22N2O2S. The lowest BCUT2D eigenvalue weighted by Gasteiger charge is -2.11. The number of carbonyl (C=O) groups is 1. The number of para-hydroxylation sites is 2.